The molecule has 0 aliphatic heterocycles. The average Bonchev–Trinajstić information content (AvgIpc) is 1.97. The van der Waals surface area contributed by atoms with E-state index >= 15 is 0 Å². The van der Waals surface area contributed by atoms with Crippen molar-refractivity contribution in [2.75, 3.05) is 6.61 Å². The number of ether oxygens (including phenoxy) is 1. The Morgan fingerprint density at radius 1 is 1.36 bits per heavy atom. The Kier molecular flexibility index (Phi) is 5.16. The summed E-state index contributed by atoms with van der Waals surface area (Å²) in [5.41, 5.74) is 13.1. The van der Waals surface area contributed by atoms with Gasteiger partial charge >= 0.3 is 0 Å². The summed E-state index contributed by atoms with van der Waals surface area (Å²) in [6, 6.07) is 0.160. The monoisotopic (exact) mass is 200 g/mol. The van der Waals surface area contributed by atoms with E-state index in [9.17, 15) is 0 Å². The molecule has 3 nitrogen and oxygen atoms in total. The maximum absolute atomic E-state index is 5.75. The molecule has 0 aromatic carbocycles. The normalized spacial score (nSPS) is 16.4. The molecule has 0 saturated heterocycles. The van der Waals surface area contributed by atoms with Crippen molar-refractivity contribution in [3.63, 3.8) is 0 Å². The summed E-state index contributed by atoms with van der Waals surface area (Å²) in [5.74, 6) is 0. The van der Waals surface area contributed by atoms with Crippen LogP contribution >= 0.6 is 0 Å². The van der Waals surface area contributed by atoms with Crippen LogP contribution < -0.4 is 11.5 Å². The van der Waals surface area contributed by atoms with Gasteiger partial charge in [0.1, 0.15) is 0 Å². The van der Waals surface area contributed by atoms with E-state index in [1.807, 2.05) is 20.8 Å². The first-order valence-corrected chi connectivity index (χ1v) is 5.06. The summed E-state index contributed by atoms with van der Waals surface area (Å²) in [6.07, 6.45) is 0.851. The Balaban J connectivity index is 4.06. The second-order valence-corrected chi connectivity index (χ2v) is 4.69. The third kappa shape index (κ3) is 6.00. The minimum absolute atomic E-state index is 0.160. The zero-order chi connectivity index (χ0) is 11.4. The second-order valence-electron chi connectivity index (χ2n) is 4.69. The van der Waals surface area contributed by atoms with Crippen LogP contribution in [0.5, 0.6) is 0 Å². The SMILES string of the molecule is C/C(N)=C(/C)COC(C)(C)CC(C)N. The van der Waals surface area contributed by atoms with Gasteiger partial charge in [0.05, 0.1) is 12.2 Å². The van der Waals surface area contributed by atoms with Crippen LogP contribution in [0.2, 0.25) is 0 Å². The highest BCUT2D eigenvalue weighted by Crippen LogP contribution is 2.17. The van der Waals surface area contributed by atoms with Crippen LogP contribution in [0.3, 0.4) is 0 Å². The van der Waals surface area contributed by atoms with Gasteiger partial charge in [-0.2, -0.15) is 0 Å². The van der Waals surface area contributed by atoms with Gasteiger partial charge in [0, 0.05) is 11.7 Å². The number of rotatable bonds is 5. The minimum atomic E-state index is -0.176. The lowest BCUT2D eigenvalue weighted by molar-refractivity contribution is -0.0144. The van der Waals surface area contributed by atoms with Crippen LogP contribution in [0.25, 0.3) is 0 Å². The molecule has 0 fully saturated rings. The highest BCUT2D eigenvalue weighted by molar-refractivity contribution is 5.05. The Morgan fingerprint density at radius 3 is 2.21 bits per heavy atom. The first kappa shape index (κ1) is 13.5. The molecule has 1 atom stereocenters. The van der Waals surface area contributed by atoms with E-state index in [1.165, 1.54) is 0 Å². The second kappa shape index (κ2) is 5.37. The molecule has 4 N–H and O–H groups in total. The van der Waals surface area contributed by atoms with Crippen LogP contribution in [-0.2, 0) is 4.74 Å². The molecule has 0 aliphatic carbocycles. The van der Waals surface area contributed by atoms with Crippen molar-refractivity contribution in [3.8, 4) is 0 Å². The smallest absolute Gasteiger partial charge is 0.0700 e. The zero-order valence-corrected chi connectivity index (χ0v) is 10.1. The molecule has 84 valence electrons. The lowest BCUT2D eigenvalue weighted by Gasteiger charge is -2.27. The number of hydrogen-bond acceptors (Lipinski definition) is 3. The Hall–Kier alpha value is -0.540. The van der Waals surface area contributed by atoms with Gasteiger partial charge in [-0.3, -0.25) is 0 Å². The molecule has 0 aromatic heterocycles. The average molecular weight is 200 g/mol. The predicted molar refractivity (Wildman–Crippen MR) is 60.9 cm³/mol. The largest absolute Gasteiger partial charge is 0.402 e. The van der Waals surface area contributed by atoms with Crippen LogP contribution in [0.15, 0.2) is 11.3 Å². The van der Waals surface area contributed by atoms with Gasteiger partial charge in [-0.05, 0) is 46.6 Å². The standard InChI is InChI=1S/C11H24N2O/c1-8(10(3)13)7-14-11(4,5)6-9(2)12/h9H,6-7,12-13H2,1-5H3/b10-8+. The summed E-state index contributed by atoms with van der Waals surface area (Å²) in [7, 11) is 0. The lowest BCUT2D eigenvalue weighted by Crippen LogP contribution is -2.33. The van der Waals surface area contributed by atoms with Gasteiger partial charge < -0.3 is 16.2 Å². The predicted octanol–water partition coefficient (Wildman–Crippen LogP) is 1.77. The summed E-state index contributed by atoms with van der Waals surface area (Å²) >= 11 is 0. The van der Waals surface area contributed by atoms with Crippen LogP contribution in [-0.4, -0.2) is 18.2 Å². The third-order valence-corrected chi connectivity index (χ3v) is 2.17. The molecule has 0 heterocycles. The van der Waals surface area contributed by atoms with E-state index < -0.39 is 0 Å². The molecule has 0 saturated carbocycles. The molecule has 1 unspecified atom stereocenters. The molecular weight excluding hydrogens is 176 g/mol. The highest BCUT2D eigenvalue weighted by Gasteiger charge is 2.20. The van der Waals surface area contributed by atoms with E-state index in [-0.39, 0.29) is 11.6 Å². The van der Waals surface area contributed by atoms with Gasteiger partial charge in [-0.1, -0.05) is 0 Å². The fraction of sp³-hybridized carbons (Fsp3) is 0.818. The Labute approximate surface area is 87.5 Å². The summed E-state index contributed by atoms with van der Waals surface area (Å²) in [5, 5.41) is 0. The van der Waals surface area contributed by atoms with E-state index in [0.29, 0.717) is 6.61 Å². The third-order valence-electron chi connectivity index (χ3n) is 2.17. The van der Waals surface area contributed by atoms with Gasteiger partial charge in [-0.15, -0.1) is 0 Å². The van der Waals surface area contributed by atoms with Crippen LogP contribution in [0, 0.1) is 0 Å². The van der Waals surface area contributed by atoms with Crippen molar-refractivity contribution in [3.05, 3.63) is 11.3 Å². The van der Waals surface area contributed by atoms with E-state index in [4.69, 9.17) is 16.2 Å². The topological polar surface area (TPSA) is 61.3 Å². The highest BCUT2D eigenvalue weighted by atomic mass is 16.5. The van der Waals surface area contributed by atoms with Crippen molar-refractivity contribution in [1.82, 2.24) is 0 Å². The molecule has 0 rings (SSSR count). The molecular formula is C11H24N2O. The first-order valence-electron chi connectivity index (χ1n) is 5.06. The van der Waals surface area contributed by atoms with Gasteiger partial charge in [0.15, 0.2) is 0 Å². The zero-order valence-electron chi connectivity index (χ0n) is 10.1. The molecule has 3 heteroatoms. The quantitative estimate of drug-likeness (QED) is 0.711. The van der Waals surface area contributed by atoms with Crippen molar-refractivity contribution >= 4 is 0 Å². The molecule has 0 spiro atoms. The molecule has 0 aliphatic rings. The molecule has 14 heavy (non-hydrogen) atoms. The fourth-order valence-corrected chi connectivity index (χ4v) is 1.25. The molecule has 0 radical (unpaired) electrons. The van der Waals surface area contributed by atoms with Gasteiger partial charge in [0.2, 0.25) is 0 Å². The van der Waals surface area contributed by atoms with Gasteiger partial charge in [-0.25, -0.2) is 0 Å². The van der Waals surface area contributed by atoms with Crippen LogP contribution in [0.4, 0.5) is 0 Å². The molecule has 0 aromatic rings. The van der Waals surface area contributed by atoms with Gasteiger partial charge in [0.25, 0.3) is 0 Å². The first-order chi connectivity index (χ1) is 6.24. The number of hydrogen-bond donors (Lipinski definition) is 2. The van der Waals surface area contributed by atoms with Crippen molar-refractivity contribution in [1.29, 1.82) is 0 Å². The van der Waals surface area contributed by atoms with E-state index in [0.717, 1.165) is 17.7 Å². The number of nitrogens with two attached hydrogens (primary N) is 2. The molecule has 0 bridgehead atoms. The molecule has 0 amide bonds. The maximum Gasteiger partial charge on any atom is 0.0700 e. The minimum Gasteiger partial charge on any atom is -0.402 e. The summed E-state index contributed by atoms with van der Waals surface area (Å²) < 4.78 is 5.75. The Bertz CT molecular complexity index is 203. The number of allylic oxidation sites excluding steroid dienone is 1. The van der Waals surface area contributed by atoms with Crippen LogP contribution in [0.1, 0.15) is 41.0 Å². The van der Waals surface area contributed by atoms with Crippen molar-refractivity contribution in [2.24, 2.45) is 11.5 Å². The van der Waals surface area contributed by atoms with Crippen molar-refractivity contribution < 1.29 is 4.74 Å². The van der Waals surface area contributed by atoms with Crippen molar-refractivity contribution in [2.45, 2.75) is 52.7 Å². The Morgan fingerprint density at radius 2 is 1.86 bits per heavy atom. The fourth-order valence-electron chi connectivity index (χ4n) is 1.25. The van der Waals surface area contributed by atoms with E-state index in [1.54, 1.807) is 0 Å². The summed E-state index contributed by atoms with van der Waals surface area (Å²) in [4.78, 5) is 0. The van der Waals surface area contributed by atoms with E-state index in [2.05, 4.69) is 13.8 Å². The lowest BCUT2D eigenvalue weighted by atomic mass is 10.0. The summed E-state index contributed by atoms with van der Waals surface area (Å²) in [6.45, 7) is 10.5. The maximum atomic E-state index is 5.75.